The number of benzene rings is 2. The van der Waals surface area contributed by atoms with Gasteiger partial charge in [0.25, 0.3) is 17.3 Å². The number of carbonyl (C=O) groups is 1. The van der Waals surface area contributed by atoms with Gasteiger partial charge in [-0.3, -0.25) is 25.0 Å². The molecule has 0 saturated heterocycles. The van der Waals surface area contributed by atoms with Crippen molar-refractivity contribution in [1.29, 1.82) is 0 Å². The van der Waals surface area contributed by atoms with Gasteiger partial charge < -0.3 is 5.32 Å². The van der Waals surface area contributed by atoms with Gasteiger partial charge in [0, 0.05) is 28.2 Å². The maximum absolute atomic E-state index is 12.3. The fraction of sp³-hybridized carbons (Fsp3) is 0.133. The third-order valence-corrected chi connectivity index (χ3v) is 4.06. The first-order valence-electron chi connectivity index (χ1n) is 6.86. The average Bonchev–Trinajstić information content (AvgIpc) is 2.53. The molecule has 0 fully saturated rings. The molecule has 0 radical (unpaired) electrons. The van der Waals surface area contributed by atoms with Gasteiger partial charge in [-0.05, 0) is 24.6 Å². The van der Waals surface area contributed by atoms with Crippen molar-refractivity contribution in [3.8, 4) is 0 Å². The lowest BCUT2D eigenvalue weighted by Crippen LogP contribution is -2.24. The number of nitro benzene ring substituents is 2. The maximum Gasteiger partial charge on any atom is 0.279 e. The topological polar surface area (TPSA) is 115 Å². The largest absolute Gasteiger partial charge is 0.348 e. The van der Waals surface area contributed by atoms with Crippen LogP contribution >= 0.6 is 23.2 Å². The normalized spacial score (nSPS) is 10.4. The fourth-order valence-electron chi connectivity index (χ4n) is 2.15. The van der Waals surface area contributed by atoms with Crippen LogP contribution in [0.2, 0.25) is 10.0 Å². The molecule has 2 aromatic rings. The number of halogens is 2. The molecule has 0 saturated carbocycles. The summed E-state index contributed by atoms with van der Waals surface area (Å²) >= 11 is 11.8. The predicted molar refractivity (Wildman–Crippen MR) is 92.1 cm³/mol. The lowest BCUT2D eigenvalue weighted by molar-refractivity contribution is -0.394. The highest BCUT2D eigenvalue weighted by Crippen LogP contribution is 2.28. The third kappa shape index (κ3) is 4.23. The molecule has 8 nitrogen and oxygen atoms in total. The zero-order valence-corrected chi connectivity index (χ0v) is 14.3. The van der Waals surface area contributed by atoms with Crippen molar-refractivity contribution in [1.82, 2.24) is 5.32 Å². The van der Waals surface area contributed by atoms with Gasteiger partial charge in [0.15, 0.2) is 0 Å². The van der Waals surface area contributed by atoms with E-state index in [1.165, 1.54) is 13.0 Å². The summed E-state index contributed by atoms with van der Waals surface area (Å²) in [5.74, 6) is -0.685. The van der Waals surface area contributed by atoms with Gasteiger partial charge >= 0.3 is 0 Å². The molecule has 0 atom stereocenters. The van der Waals surface area contributed by atoms with Gasteiger partial charge in [0.1, 0.15) is 0 Å². The van der Waals surface area contributed by atoms with E-state index in [9.17, 15) is 25.0 Å². The number of hydrogen-bond donors (Lipinski definition) is 1. The fourth-order valence-corrected chi connectivity index (χ4v) is 2.63. The minimum absolute atomic E-state index is 0.0325. The minimum atomic E-state index is -0.792. The van der Waals surface area contributed by atoms with E-state index in [0.717, 1.165) is 12.1 Å². The number of amides is 1. The summed E-state index contributed by atoms with van der Waals surface area (Å²) in [4.78, 5) is 32.8. The third-order valence-electron chi connectivity index (χ3n) is 3.47. The Hall–Kier alpha value is -2.71. The van der Waals surface area contributed by atoms with Crippen LogP contribution < -0.4 is 5.32 Å². The molecule has 1 amide bonds. The Morgan fingerprint density at radius 2 is 1.80 bits per heavy atom. The minimum Gasteiger partial charge on any atom is -0.348 e. The molecule has 0 unspecified atom stereocenters. The average molecular weight is 384 g/mol. The molecule has 25 heavy (non-hydrogen) atoms. The summed E-state index contributed by atoms with van der Waals surface area (Å²) in [6, 6.07) is 6.55. The van der Waals surface area contributed by atoms with Crippen molar-refractivity contribution < 1.29 is 14.6 Å². The van der Waals surface area contributed by atoms with Crippen molar-refractivity contribution in [2.75, 3.05) is 0 Å². The number of non-ortho nitro benzene ring substituents is 1. The van der Waals surface area contributed by atoms with Crippen LogP contribution in [0.4, 0.5) is 11.4 Å². The van der Waals surface area contributed by atoms with E-state index < -0.39 is 27.1 Å². The Labute approximate surface area is 151 Å². The van der Waals surface area contributed by atoms with Gasteiger partial charge in [-0.1, -0.05) is 29.3 Å². The van der Waals surface area contributed by atoms with Crippen LogP contribution in [0.5, 0.6) is 0 Å². The van der Waals surface area contributed by atoms with Crippen LogP contribution in [0.25, 0.3) is 0 Å². The molecule has 0 heterocycles. The molecule has 0 aliphatic heterocycles. The first-order chi connectivity index (χ1) is 11.7. The Balaban J connectivity index is 2.32. The molecule has 2 aromatic carbocycles. The first kappa shape index (κ1) is 18.6. The number of nitrogens with zero attached hydrogens (tertiary/aromatic N) is 2. The molecule has 0 aromatic heterocycles. The van der Waals surface area contributed by atoms with Gasteiger partial charge in [0.05, 0.1) is 21.5 Å². The van der Waals surface area contributed by atoms with E-state index in [4.69, 9.17) is 23.2 Å². The van der Waals surface area contributed by atoms with E-state index in [0.29, 0.717) is 15.6 Å². The number of nitro groups is 2. The summed E-state index contributed by atoms with van der Waals surface area (Å²) in [5, 5.41) is 25.3. The lowest BCUT2D eigenvalue weighted by Gasteiger charge is -2.09. The monoisotopic (exact) mass is 383 g/mol. The SMILES string of the molecule is Cc1c(C(=O)NCc2ccc(Cl)cc2Cl)cc([N+](=O)[O-])cc1[N+](=O)[O-]. The molecular weight excluding hydrogens is 373 g/mol. The summed E-state index contributed by atoms with van der Waals surface area (Å²) in [5.41, 5.74) is -0.561. The Bertz CT molecular complexity index is 886. The van der Waals surface area contributed by atoms with Crippen molar-refractivity contribution in [3.63, 3.8) is 0 Å². The van der Waals surface area contributed by atoms with E-state index in [-0.39, 0.29) is 17.7 Å². The molecule has 10 heteroatoms. The van der Waals surface area contributed by atoms with E-state index in [1.54, 1.807) is 12.1 Å². The van der Waals surface area contributed by atoms with Gasteiger partial charge in [-0.2, -0.15) is 0 Å². The van der Waals surface area contributed by atoms with Crippen molar-refractivity contribution in [2.24, 2.45) is 0 Å². The zero-order chi connectivity index (χ0) is 18.7. The second kappa shape index (κ2) is 7.45. The number of hydrogen-bond acceptors (Lipinski definition) is 5. The van der Waals surface area contributed by atoms with Gasteiger partial charge in [-0.15, -0.1) is 0 Å². The number of carbonyl (C=O) groups excluding carboxylic acids is 1. The van der Waals surface area contributed by atoms with Crippen LogP contribution in [-0.2, 0) is 6.54 Å². The highest BCUT2D eigenvalue weighted by atomic mass is 35.5. The smallest absolute Gasteiger partial charge is 0.279 e. The second-order valence-electron chi connectivity index (χ2n) is 5.07. The van der Waals surface area contributed by atoms with Crippen LogP contribution in [0.15, 0.2) is 30.3 Å². The Morgan fingerprint density at radius 1 is 1.12 bits per heavy atom. The maximum atomic E-state index is 12.3. The molecule has 130 valence electrons. The van der Waals surface area contributed by atoms with E-state index >= 15 is 0 Å². The van der Waals surface area contributed by atoms with Crippen molar-refractivity contribution in [2.45, 2.75) is 13.5 Å². The molecule has 0 aliphatic rings. The molecule has 2 rings (SSSR count). The predicted octanol–water partition coefficient (Wildman–Crippen LogP) is 4.05. The first-order valence-corrected chi connectivity index (χ1v) is 7.62. The highest BCUT2D eigenvalue weighted by molar-refractivity contribution is 6.35. The number of rotatable bonds is 5. The van der Waals surface area contributed by atoms with Crippen LogP contribution in [-0.4, -0.2) is 15.8 Å². The van der Waals surface area contributed by atoms with Crippen molar-refractivity contribution >= 4 is 40.5 Å². The number of nitrogens with one attached hydrogen (secondary N) is 1. The highest BCUT2D eigenvalue weighted by Gasteiger charge is 2.24. The summed E-state index contributed by atoms with van der Waals surface area (Å²) in [7, 11) is 0. The van der Waals surface area contributed by atoms with Crippen molar-refractivity contribution in [3.05, 3.63) is 77.3 Å². The van der Waals surface area contributed by atoms with Crippen LogP contribution in [0.1, 0.15) is 21.5 Å². The Morgan fingerprint density at radius 3 is 2.36 bits per heavy atom. The standard InChI is InChI=1S/C15H11Cl2N3O5/c1-8-12(5-11(19(22)23)6-14(8)20(24)25)15(21)18-7-9-2-3-10(16)4-13(9)17/h2-6H,7H2,1H3,(H,18,21). The molecule has 0 aliphatic carbocycles. The molecule has 1 N–H and O–H groups in total. The quantitative estimate of drug-likeness (QED) is 0.617. The van der Waals surface area contributed by atoms with Gasteiger partial charge in [0.2, 0.25) is 0 Å². The van der Waals surface area contributed by atoms with Crippen LogP contribution in [0, 0.1) is 27.2 Å². The second-order valence-corrected chi connectivity index (χ2v) is 5.91. The Kier molecular flexibility index (Phi) is 5.55. The van der Waals surface area contributed by atoms with E-state index in [1.807, 2.05) is 0 Å². The van der Waals surface area contributed by atoms with Crippen LogP contribution in [0.3, 0.4) is 0 Å². The molecule has 0 bridgehead atoms. The van der Waals surface area contributed by atoms with E-state index in [2.05, 4.69) is 5.32 Å². The summed E-state index contributed by atoms with van der Waals surface area (Å²) < 4.78 is 0. The van der Waals surface area contributed by atoms with Gasteiger partial charge in [-0.25, -0.2) is 0 Å². The summed E-state index contributed by atoms with van der Waals surface area (Å²) in [6.45, 7) is 1.39. The summed E-state index contributed by atoms with van der Waals surface area (Å²) in [6.07, 6.45) is 0. The zero-order valence-electron chi connectivity index (χ0n) is 12.8. The molecule has 0 spiro atoms. The molecular formula is C15H11Cl2N3O5. The lowest BCUT2D eigenvalue weighted by atomic mass is 10.0.